The van der Waals surface area contributed by atoms with Crippen LogP contribution in [0.25, 0.3) is 0 Å². The molecule has 128 valence electrons. The molecule has 23 heavy (non-hydrogen) atoms. The van der Waals surface area contributed by atoms with Crippen molar-refractivity contribution in [1.82, 2.24) is 5.32 Å². The first kappa shape index (κ1) is 18.0. The van der Waals surface area contributed by atoms with Gasteiger partial charge in [-0.05, 0) is 37.5 Å². The molecule has 0 aliphatic carbocycles. The molecular formula is C15H21ClN2O4S. The minimum absolute atomic E-state index is 0.0134. The largest absolute Gasteiger partial charge is 0.376 e. The molecule has 1 heterocycles. The van der Waals surface area contributed by atoms with Crippen molar-refractivity contribution in [2.24, 2.45) is 0 Å². The zero-order chi connectivity index (χ0) is 17.0. The number of ether oxygens (including phenoxy) is 1. The summed E-state index contributed by atoms with van der Waals surface area (Å²) in [6, 6.07) is 4.90. The van der Waals surface area contributed by atoms with Crippen LogP contribution in [0.2, 0.25) is 5.02 Å². The van der Waals surface area contributed by atoms with Gasteiger partial charge in [0.1, 0.15) is 6.54 Å². The fourth-order valence-electron chi connectivity index (χ4n) is 2.36. The Labute approximate surface area is 141 Å². The number of benzene rings is 1. The average Bonchev–Trinajstić information content (AvgIpc) is 2.98. The minimum atomic E-state index is -3.60. The van der Waals surface area contributed by atoms with Crippen LogP contribution < -0.4 is 9.62 Å². The standard InChI is InChI=1S/C15H21ClN2O4S/c1-11-5-6-12(8-14(11)16)18(23(2,20)21)10-15(19)17-9-13-4-3-7-22-13/h5-6,8,13H,3-4,7,9-10H2,1-2H3,(H,17,19)/t13-/m0/s1. The Morgan fingerprint density at radius 3 is 2.78 bits per heavy atom. The summed E-state index contributed by atoms with van der Waals surface area (Å²) in [6.07, 6.45) is 2.97. The monoisotopic (exact) mass is 360 g/mol. The first-order valence-electron chi connectivity index (χ1n) is 7.39. The maximum Gasteiger partial charge on any atom is 0.240 e. The van der Waals surface area contributed by atoms with Gasteiger partial charge >= 0.3 is 0 Å². The van der Waals surface area contributed by atoms with Gasteiger partial charge in [-0.2, -0.15) is 0 Å². The quantitative estimate of drug-likeness (QED) is 0.838. The van der Waals surface area contributed by atoms with E-state index >= 15 is 0 Å². The molecule has 1 N–H and O–H groups in total. The number of halogens is 1. The van der Waals surface area contributed by atoms with E-state index in [1.807, 2.05) is 6.92 Å². The van der Waals surface area contributed by atoms with E-state index in [1.54, 1.807) is 18.2 Å². The van der Waals surface area contributed by atoms with Crippen LogP contribution in [0.1, 0.15) is 18.4 Å². The maximum atomic E-state index is 12.1. The highest BCUT2D eigenvalue weighted by Crippen LogP contribution is 2.24. The van der Waals surface area contributed by atoms with Crippen LogP contribution >= 0.6 is 11.6 Å². The molecule has 0 spiro atoms. The Morgan fingerprint density at radius 1 is 1.48 bits per heavy atom. The summed E-state index contributed by atoms with van der Waals surface area (Å²) in [4.78, 5) is 12.1. The normalized spacial score (nSPS) is 18.0. The fourth-order valence-corrected chi connectivity index (χ4v) is 3.38. The summed E-state index contributed by atoms with van der Waals surface area (Å²) >= 11 is 6.05. The molecule has 0 saturated carbocycles. The number of anilines is 1. The van der Waals surface area contributed by atoms with Gasteiger partial charge in [0.2, 0.25) is 15.9 Å². The molecule has 1 aromatic carbocycles. The summed E-state index contributed by atoms with van der Waals surface area (Å²) in [7, 11) is -3.60. The molecule has 1 aliphatic rings. The lowest BCUT2D eigenvalue weighted by Gasteiger charge is -2.22. The zero-order valence-electron chi connectivity index (χ0n) is 13.2. The van der Waals surface area contributed by atoms with Gasteiger partial charge in [0.05, 0.1) is 18.0 Å². The van der Waals surface area contributed by atoms with Crippen molar-refractivity contribution in [3.63, 3.8) is 0 Å². The summed E-state index contributed by atoms with van der Waals surface area (Å²) < 4.78 is 30.5. The number of nitrogens with one attached hydrogen (secondary N) is 1. The van der Waals surface area contributed by atoms with Gasteiger partial charge in [-0.25, -0.2) is 8.42 Å². The van der Waals surface area contributed by atoms with E-state index in [1.165, 1.54) is 0 Å². The number of hydrogen-bond acceptors (Lipinski definition) is 4. The van der Waals surface area contributed by atoms with Gasteiger partial charge in [-0.1, -0.05) is 17.7 Å². The third-order valence-corrected chi connectivity index (χ3v) is 5.23. The second-order valence-electron chi connectivity index (χ2n) is 5.64. The Kier molecular flexibility index (Phi) is 5.89. The van der Waals surface area contributed by atoms with E-state index in [9.17, 15) is 13.2 Å². The van der Waals surface area contributed by atoms with E-state index in [0.717, 1.165) is 29.0 Å². The highest BCUT2D eigenvalue weighted by molar-refractivity contribution is 7.92. The first-order chi connectivity index (χ1) is 10.8. The van der Waals surface area contributed by atoms with E-state index in [0.29, 0.717) is 23.9 Å². The Morgan fingerprint density at radius 2 is 2.22 bits per heavy atom. The van der Waals surface area contributed by atoms with Gasteiger partial charge in [0.15, 0.2) is 0 Å². The van der Waals surface area contributed by atoms with Crippen molar-refractivity contribution in [3.8, 4) is 0 Å². The number of aryl methyl sites for hydroxylation is 1. The summed E-state index contributed by atoms with van der Waals surface area (Å²) in [5.41, 5.74) is 1.21. The molecule has 1 fully saturated rings. The van der Waals surface area contributed by atoms with E-state index in [-0.39, 0.29) is 18.6 Å². The number of hydrogen-bond donors (Lipinski definition) is 1. The molecule has 1 aromatic rings. The first-order valence-corrected chi connectivity index (χ1v) is 9.62. The van der Waals surface area contributed by atoms with Gasteiger partial charge < -0.3 is 10.1 Å². The molecule has 1 atom stereocenters. The van der Waals surface area contributed by atoms with Crippen LogP contribution in [0.3, 0.4) is 0 Å². The topological polar surface area (TPSA) is 75.7 Å². The van der Waals surface area contributed by atoms with Crippen molar-refractivity contribution >= 4 is 33.2 Å². The van der Waals surface area contributed by atoms with E-state index < -0.39 is 10.0 Å². The summed E-state index contributed by atoms with van der Waals surface area (Å²) in [6.45, 7) is 2.64. The SMILES string of the molecule is Cc1ccc(N(CC(=O)NC[C@@H]2CCCO2)S(C)(=O)=O)cc1Cl. The van der Waals surface area contributed by atoms with Crippen LogP contribution in [0.5, 0.6) is 0 Å². The lowest BCUT2D eigenvalue weighted by molar-refractivity contribution is -0.120. The zero-order valence-corrected chi connectivity index (χ0v) is 14.8. The number of carbonyl (C=O) groups excluding carboxylic acids is 1. The lowest BCUT2D eigenvalue weighted by atomic mass is 10.2. The number of sulfonamides is 1. The Balaban J connectivity index is 2.06. The molecule has 1 amide bonds. The number of amides is 1. The number of nitrogens with zero attached hydrogens (tertiary/aromatic N) is 1. The van der Waals surface area contributed by atoms with Crippen LogP contribution in [-0.4, -0.2) is 46.4 Å². The molecule has 0 bridgehead atoms. The van der Waals surface area contributed by atoms with E-state index in [4.69, 9.17) is 16.3 Å². The number of carbonyl (C=O) groups is 1. The van der Waals surface area contributed by atoms with Crippen LogP contribution in [-0.2, 0) is 19.6 Å². The molecule has 0 radical (unpaired) electrons. The molecule has 6 nitrogen and oxygen atoms in total. The van der Waals surface area contributed by atoms with Crippen molar-refractivity contribution < 1.29 is 17.9 Å². The van der Waals surface area contributed by atoms with Gasteiger partial charge in [-0.3, -0.25) is 9.10 Å². The molecule has 8 heteroatoms. The molecule has 0 unspecified atom stereocenters. The van der Waals surface area contributed by atoms with Crippen molar-refractivity contribution in [2.75, 3.05) is 30.3 Å². The van der Waals surface area contributed by atoms with Crippen LogP contribution in [0, 0.1) is 6.92 Å². The van der Waals surface area contributed by atoms with Crippen molar-refractivity contribution in [1.29, 1.82) is 0 Å². The minimum Gasteiger partial charge on any atom is -0.376 e. The average molecular weight is 361 g/mol. The van der Waals surface area contributed by atoms with E-state index in [2.05, 4.69) is 5.32 Å². The van der Waals surface area contributed by atoms with Gasteiger partial charge in [-0.15, -0.1) is 0 Å². The second kappa shape index (κ2) is 7.51. The molecule has 1 aliphatic heterocycles. The Bertz CT molecular complexity index is 672. The maximum absolute atomic E-state index is 12.1. The highest BCUT2D eigenvalue weighted by Gasteiger charge is 2.22. The molecule has 2 rings (SSSR count). The predicted octanol–water partition coefficient (Wildman–Crippen LogP) is 1.71. The van der Waals surface area contributed by atoms with Gasteiger partial charge in [0.25, 0.3) is 0 Å². The summed E-state index contributed by atoms with van der Waals surface area (Å²) in [5, 5.41) is 3.17. The third kappa shape index (κ3) is 5.09. The highest BCUT2D eigenvalue weighted by atomic mass is 35.5. The van der Waals surface area contributed by atoms with Gasteiger partial charge in [0, 0.05) is 18.2 Å². The molecule has 1 saturated heterocycles. The van der Waals surface area contributed by atoms with Crippen LogP contribution in [0.15, 0.2) is 18.2 Å². The van der Waals surface area contributed by atoms with Crippen molar-refractivity contribution in [3.05, 3.63) is 28.8 Å². The smallest absolute Gasteiger partial charge is 0.240 e. The Hall–Kier alpha value is -1.31. The fraction of sp³-hybridized carbons (Fsp3) is 0.533. The van der Waals surface area contributed by atoms with Crippen LogP contribution in [0.4, 0.5) is 5.69 Å². The third-order valence-electron chi connectivity index (χ3n) is 3.68. The predicted molar refractivity (Wildman–Crippen MR) is 90.4 cm³/mol. The molecule has 0 aromatic heterocycles. The summed E-state index contributed by atoms with van der Waals surface area (Å²) in [5.74, 6) is -0.373. The van der Waals surface area contributed by atoms with Crippen molar-refractivity contribution in [2.45, 2.75) is 25.9 Å². The number of rotatable bonds is 6. The second-order valence-corrected chi connectivity index (χ2v) is 7.96. The molecular weight excluding hydrogens is 340 g/mol. The lowest BCUT2D eigenvalue weighted by Crippen LogP contribution is -2.42.